The predicted octanol–water partition coefficient (Wildman–Crippen LogP) is 1.01. The zero-order valence-corrected chi connectivity index (χ0v) is 11.1. The number of hydrazine groups is 1. The Hall–Kier alpha value is -0.910. The van der Waals surface area contributed by atoms with Gasteiger partial charge in [-0.15, -0.1) is 0 Å². The molecule has 17 heavy (non-hydrogen) atoms. The molecular weight excluding hydrogens is 216 g/mol. The third-order valence-corrected chi connectivity index (χ3v) is 2.79. The molecule has 1 aromatic heterocycles. The lowest BCUT2D eigenvalue weighted by atomic mass is 10.1. The lowest BCUT2D eigenvalue weighted by molar-refractivity contribution is 0.136. The molecule has 0 aliphatic carbocycles. The molecule has 0 fully saturated rings. The van der Waals surface area contributed by atoms with Crippen LogP contribution in [0.5, 0.6) is 0 Å². The summed E-state index contributed by atoms with van der Waals surface area (Å²) in [6, 6.07) is 2.36. The molecule has 3 N–H and O–H groups in total. The minimum Gasteiger partial charge on any atom is -0.382 e. The van der Waals surface area contributed by atoms with Gasteiger partial charge in [-0.1, -0.05) is 0 Å². The normalized spacial score (nSPS) is 12.9. The molecule has 0 saturated carbocycles. The van der Waals surface area contributed by atoms with Gasteiger partial charge in [0.25, 0.3) is 0 Å². The Bertz CT molecular complexity index is 324. The molecule has 1 heterocycles. The Labute approximate surface area is 103 Å². The van der Waals surface area contributed by atoms with Crippen molar-refractivity contribution in [2.24, 2.45) is 5.84 Å². The topological polar surface area (TPSA) is 65.1 Å². The number of nitrogens with zero attached hydrogens (tertiary/aromatic N) is 2. The Morgan fingerprint density at radius 2 is 2.29 bits per heavy atom. The van der Waals surface area contributed by atoms with Crippen LogP contribution in [0.4, 0.5) is 0 Å². The fourth-order valence-electron chi connectivity index (χ4n) is 1.90. The third-order valence-electron chi connectivity index (χ3n) is 2.79. The molecule has 0 spiro atoms. The molecule has 0 aliphatic rings. The number of aromatic nitrogens is 2. The van der Waals surface area contributed by atoms with E-state index in [1.165, 1.54) is 5.69 Å². The van der Waals surface area contributed by atoms with Gasteiger partial charge in [0.1, 0.15) is 0 Å². The highest BCUT2D eigenvalue weighted by atomic mass is 16.5. The second-order valence-corrected chi connectivity index (χ2v) is 4.15. The number of aryl methyl sites for hydroxylation is 2. The Kier molecular flexibility index (Phi) is 6.18. The molecule has 0 amide bonds. The van der Waals surface area contributed by atoms with Gasteiger partial charge in [-0.3, -0.25) is 16.0 Å². The highest BCUT2D eigenvalue weighted by Gasteiger charge is 2.11. The maximum absolute atomic E-state index is 5.57. The summed E-state index contributed by atoms with van der Waals surface area (Å²) in [7, 11) is 0. The Balaban J connectivity index is 2.53. The number of ether oxygens (including phenoxy) is 1. The molecule has 0 aromatic carbocycles. The van der Waals surface area contributed by atoms with Crippen LogP contribution in [0.3, 0.4) is 0 Å². The van der Waals surface area contributed by atoms with Crippen molar-refractivity contribution in [2.75, 3.05) is 13.2 Å². The summed E-state index contributed by atoms with van der Waals surface area (Å²) in [6.45, 7) is 8.50. The SMILES string of the molecule is CCOCCC(Cc1cc(C)nn1CC)NN. The van der Waals surface area contributed by atoms with Crippen LogP contribution in [-0.4, -0.2) is 29.0 Å². The van der Waals surface area contributed by atoms with Gasteiger partial charge in [-0.25, -0.2) is 0 Å². The van der Waals surface area contributed by atoms with Crippen molar-refractivity contribution in [3.63, 3.8) is 0 Å². The van der Waals surface area contributed by atoms with Crippen LogP contribution in [0.25, 0.3) is 0 Å². The van der Waals surface area contributed by atoms with E-state index in [4.69, 9.17) is 10.6 Å². The summed E-state index contributed by atoms with van der Waals surface area (Å²) >= 11 is 0. The first-order valence-electron chi connectivity index (χ1n) is 6.28. The highest BCUT2D eigenvalue weighted by Crippen LogP contribution is 2.08. The largest absolute Gasteiger partial charge is 0.382 e. The first kappa shape index (κ1) is 14.2. The van der Waals surface area contributed by atoms with E-state index in [1.807, 2.05) is 18.5 Å². The van der Waals surface area contributed by atoms with E-state index in [0.717, 1.165) is 38.3 Å². The highest BCUT2D eigenvalue weighted by molar-refractivity contribution is 5.10. The number of hydrogen-bond acceptors (Lipinski definition) is 4. The zero-order valence-electron chi connectivity index (χ0n) is 11.1. The van der Waals surface area contributed by atoms with Crippen molar-refractivity contribution in [3.05, 3.63) is 17.5 Å². The molecule has 1 aromatic rings. The molecule has 98 valence electrons. The van der Waals surface area contributed by atoms with E-state index in [1.54, 1.807) is 0 Å². The van der Waals surface area contributed by atoms with Crippen LogP contribution in [-0.2, 0) is 17.7 Å². The van der Waals surface area contributed by atoms with Crippen LogP contribution >= 0.6 is 0 Å². The molecular formula is C12H24N4O. The zero-order chi connectivity index (χ0) is 12.7. The van der Waals surface area contributed by atoms with Crippen molar-refractivity contribution in [2.45, 2.75) is 46.2 Å². The van der Waals surface area contributed by atoms with Gasteiger partial charge in [-0.05, 0) is 33.3 Å². The van der Waals surface area contributed by atoms with E-state index in [0.29, 0.717) is 0 Å². The molecule has 0 radical (unpaired) electrons. The smallest absolute Gasteiger partial charge is 0.0596 e. The minimum absolute atomic E-state index is 0.239. The van der Waals surface area contributed by atoms with Crippen molar-refractivity contribution < 1.29 is 4.74 Å². The minimum atomic E-state index is 0.239. The van der Waals surface area contributed by atoms with Gasteiger partial charge < -0.3 is 4.74 Å². The summed E-state index contributed by atoms with van der Waals surface area (Å²) < 4.78 is 7.38. The van der Waals surface area contributed by atoms with E-state index in [2.05, 4.69) is 23.5 Å². The second kappa shape index (κ2) is 7.42. The second-order valence-electron chi connectivity index (χ2n) is 4.15. The fourth-order valence-corrected chi connectivity index (χ4v) is 1.90. The average molecular weight is 240 g/mol. The van der Waals surface area contributed by atoms with Gasteiger partial charge in [0.05, 0.1) is 5.69 Å². The molecule has 5 heteroatoms. The van der Waals surface area contributed by atoms with Crippen molar-refractivity contribution in [1.82, 2.24) is 15.2 Å². The van der Waals surface area contributed by atoms with Crippen molar-refractivity contribution in [1.29, 1.82) is 0 Å². The third kappa shape index (κ3) is 4.46. The average Bonchev–Trinajstić information content (AvgIpc) is 2.68. The van der Waals surface area contributed by atoms with Crippen molar-refractivity contribution >= 4 is 0 Å². The fraction of sp³-hybridized carbons (Fsp3) is 0.750. The van der Waals surface area contributed by atoms with Gasteiger partial charge in [-0.2, -0.15) is 5.10 Å². The van der Waals surface area contributed by atoms with E-state index in [-0.39, 0.29) is 6.04 Å². The number of rotatable bonds is 8. The van der Waals surface area contributed by atoms with Crippen LogP contribution in [0, 0.1) is 6.92 Å². The molecule has 0 aliphatic heterocycles. The summed E-state index contributed by atoms with van der Waals surface area (Å²) in [4.78, 5) is 0. The van der Waals surface area contributed by atoms with Gasteiger partial charge in [0, 0.05) is 37.9 Å². The lowest BCUT2D eigenvalue weighted by Crippen LogP contribution is -2.38. The molecule has 5 nitrogen and oxygen atoms in total. The maximum Gasteiger partial charge on any atom is 0.0596 e. The first-order chi connectivity index (χ1) is 8.21. The van der Waals surface area contributed by atoms with Crippen molar-refractivity contribution in [3.8, 4) is 0 Å². The van der Waals surface area contributed by atoms with Crippen LogP contribution in [0.1, 0.15) is 31.7 Å². The lowest BCUT2D eigenvalue weighted by Gasteiger charge is -2.16. The van der Waals surface area contributed by atoms with Gasteiger partial charge in [0.2, 0.25) is 0 Å². The number of nitrogens with two attached hydrogens (primary N) is 1. The summed E-state index contributed by atoms with van der Waals surface area (Å²) in [5.41, 5.74) is 5.13. The standard InChI is InChI=1S/C12H24N4O/c1-4-16-12(8-10(3)15-16)9-11(14-13)6-7-17-5-2/h8,11,14H,4-7,9,13H2,1-3H3. The number of nitrogens with one attached hydrogen (secondary N) is 1. The molecule has 1 rings (SSSR count). The Morgan fingerprint density at radius 1 is 1.53 bits per heavy atom. The maximum atomic E-state index is 5.57. The molecule has 0 bridgehead atoms. The monoisotopic (exact) mass is 240 g/mol. The summed E-state index contributed by atoms with van der Waals surface area (Å²) in [5, 5.41) is 4.43. The molecule has 1 atom stereocenters. The van der Waals surface area contributed by atoms with Crippen LogP contribution < -0.4 is 11.3 Å². The van der Waals surface area contributed by atoms with Gasteiger partial charge >= 0.3 is 0 Å². The molecule has 0 saturated heterocycles. The quantitative estimate of drug-likeness (QED) is 0.404. The van der Waals surface area contributed by atoms with E-state index < -0.39 is 0 Å². The van der Waals surface area contributed by atoms with E-state index in [9.17, 15) is 0 Å². The van der Waals surface area contributed by atoms with Crippen LogP contribution in [0.2, 0.25) is 0 Å². The Morgan fingerprint density at radius 3 is 2.88 bits per heavy atom. The summed E-state index contributed by atoms with van der Waals surface area (Å²) in [5.74, 6) is 5.57. The predicted molar refractivity (Wildman–Crippen MR) is 68.6 cm³/mol. The first-order valence-corrected chi connectivity index (χ1v) is 6.28. The van der Waals surface area contributed by atoms with Gasteiger partial charge in [0.15, 0.2) is 0 Å². The van der Waals surface area contributed by atoms with E-state index >= 15 is 0 Å². The summed E-state index contributed by atoms with van der Waals surface area (Å²) in [6.07, 6.45) is 1.80. The number of hydrogen-bond donors (Lipinski definition) is 2. The molecule has 1 unspecified atom stereocenters. The van der Waals surface area contributed by atoms with Crippen LogP contribution in [0.15, 0.2) is 6.07 Å².